The van der Waals surface area contributed by atoms with Gasteiger partial charge in [0.05, 0.1) is 11.3 Å². The third-order valence-corrected chi connectivity index (χ3v) is 6.48. The Morgan fingerprint density at radius 2 is 1.79 bits per heavy atom. The molecule has 3 rings (SSSR count). The molecule has 136 valence electrons. The smallest absolute Gasteiger partial charge is 0.315 e. The molecular formula is C15H20ClF3N2O2S. The Morgan fingerprint density at radius 3 is 2.50 bits per heavy atom. The molecule has 2 aliphatic heterocycles. The van der Waals surface area contributed by atoms with Crippen LogP contribution in [0.15, 0.2) is 24.3 Å². The van der Waals surface area contributed by atoms with Crippen molar-refractivity contribution in [2.24, 2.45) is 0 Å². The Balaban J connectivity index is 0.00000208. The molecule has 0 aliphatic carbocycles. The van der Waals surface area contributed by atoms with Gasteiger partial charge in [0.15, 0.2) is 0 Å². The summed E-state index contributed by atoms with van der Waals surface area (Å²) in [6, 6.07) is 4.66. The fraction of sp³-hybridized carbons (Fsp3) is 0.600. The first kappa shape index (κ1) is 19.5. The predicted octanol–water partition coefficient (Wildman–Crippen LogP) is 2.78. The minimum atomic E-state index is -4.55. The van der Waals surface area contributed by atoms with Crippen molar-refractivity contribution < 1.29 is 21.6 Å². The van der Waals surface area contributed by atoms with Crippen LogP contribution in [0.3, 0.4) is 0 Å². The molecule has 2 unspecified atom stereocenters. The van der Waals surface area contributed by atoms with Gasteiger partial charge in [-0.15, -0.1) is 12.4 Å². The van der Waals surface area contributed by atoms with Gasteiger partial charge in [0.1, 0.15) is 0 Å². The molecule has 0 spiro atoms. The lowest BCUT2D eigenvalue weighted by molar-refractivity contribution is -0.138. The maximum atomic E-state index is 13.1. The molecule has 2 atom stereocenters. The van der Waals surface area contributed by atoms with E-state index in [2.05, 4.69) is 5.32 Å². The van der Waals surface area contributed by atoms with Crippen molar-refractivity contribution >= 4 is 22.4 Å². The van der Waals surface area contributed by atoms with Crippen LogP contribution in [0, 0.1) is 0 Å². The molecule has 0 aromatic heterocycles. The lowest BCUT2D eigenvalue weighted by Crippen LogP contribution is -2.43. The number of halogens is 4. The molecule has 0 saturated carbocycles. The second-order valence-corrected chi connectivity index (χ2v) is 7.99. The molecule has 2 aliphatic rings. The molecule has 2 heterocycles. The molecule has 2 bridgehead atoms. The van der Waals surface area contributed by atoms with Gasteiger partial charge in [-0.2, -0.15) is 17.5 Å². The summed E-state index contributed by atoms with van der Waals surface area (Å²) in [4.78, 5) is 0. The maximum absolute atomic E-state index is 13.1. The van der Waals surface area contributed by atoms with Gasteiger partial charge in [0.25, 0.3) is 0 Å². The zero-order valence-electron chi connectivity index (χ0n) is 12.9. The number of rotatable bonds is 3. The van der Waals surface area contributed by atoms with Gasteiger partial charge < -0.3 is 5.32 Å². The lowest BCUT2D eigenvalue weighted by atomic mass is 10.1. The summed E-state index contributed by atoms with van der Waals surface area (Å²) < 4.78 is 66.2. The first-order valence-electron chi connectivity index (χ1n) is 7.66. The van der Waals surface area contributed by atoms with E-state index in [0.717, 1.165) is 25.5 Å². The molecule has 4 nitrogen and oxygen atoms in total. The number of sulfonamides is 1. The number of nitrogens with one attached hydrogen (secondary N) is 1. The summed E-state index contributed by atoms with van der Waals surface area (Å²) in [5.74, 6) is -0.602. The quantitative estimate of drug-likeness (QED) is 0.871. The molecule has 1 N–H and O–H groups in total. The van der Waals surface area contributed by atoms with Gasteiger partial charge in [0, 0.05) is 18.6 Å². The minimum absolute atomic E-state index is 0. The zero-order chi connectivity index (χ0) is 16.7. The highest BCUT2D eigenvalue weighted by atomic mass is 35.5. The van der Waals surface area contributed by atoms with Crippen LogP contribution in [-0.2, 0) is 22.0 Å². The average Bonchev–Trinajstić information content (AvgIpc) is 2.72. The molecule has 0 radical (unpaired) electrons. The molecular weight excluding hydrogens is 365 g/mol. The molecule has 0 amide bonds. The Morgan fingerprint density at radius 1 is 1.12 bits per heavy atom. The van der Waals surface area contributed by atoms with Crippen molar-refractivity contribution in [3.05, 3.63) is 35.4 Å². The monoisotopic (exact) mass is 384 g/mol. The molecule has 24 heavy (non-hydrogen) atoms. The third kappa shape index (κ3) is 3.87. The second-order valence-electron chi connectivity index (χ2n) is 6.12. The van der Waals surface area contributed by atoms with E-state index in [0.29, 0.717) is 13.0 Å². The summed E-state index contributed by atoms with van der Waals surface area (Å²) in [5.41, 5.74) is -1.06. The highest BCUT2D eigenvalue weighted by Crippen LogP contribution is 2.35. The van der Waals surface area contributed by atoms with E-state index in [1.165, 1.54) is 22.5 Å². The number of benzene rings is 1. The summed E-state index contributed by atoms with van der Waals surface area (Å²) in [7, 11) is -3.79. The van der Waals surface area contributed by atoms with Crippen molar-refractivity contribution in [3.8, 4) is 0 Å². The van der Waals surface area contributed by atoms with Crippen LogP contribution < -0.4 is 5.32 Å². The van der Waals surface area contributed by atoms with Gasteiger partial charge in [-0.3, -0.25) is 0 Å². The fourth-order valence-corrected chi connectivity index (χ4v) is 5.68. The number of alkyl halides is 3. The summed E-state index contributed by atoms with van der Waals surface area (Å²) in [6.07, 6.45) is -2.30. The number of nitrogens with zero attached hydrogens (tertiary/aromatic N) is 1. The summed E-state index contributed by atoms with van der Waals surface area (Å²) in [6.45, 7) is 1.31. The lowest BCUT2D eigenvalue weighted by Gasteiger charge is -2.27. The van der Waals surface area contributed by atoms with Gasteiger partial charge in [-0.1, -0.05) is 18.2 Å². The van der Waals surface area contributed by atoms with Crippen LogP contribution in [0.2, 0.25) is 0 Å². The molecule has 9 heteroatoms. The normalized spacial score (nSPS) is 25.1. The highest BCUT2D eigenvalue weighted by Gasteiger charge is 2.43. The van der Waals surface area contributed by atoms with Gasteiger partial charge >= 0.3 is 6.18 Å². The van der Waals surface area contributed by atoms with E-state index in [4.69, 9.17) is 0 Å². The van der Waals surface area contributed by atoms with E-state index >= 15 is 0 Å². The van der Waals surface area contributed by atoms with Crippen molar-refractivity contribution in [1.29, 1.82) is 0 Å². The van der Waals surface area contributed by atoms with Crippen molar-refractivity contribution in [2.45, 2.75) is 43.3 Å². The first-order valence-corrected chi connectivity index (χ1v) is 9.27. The first-order chi connectivity index (χ1) is 10.8. The number of hydrogen-bond donors (Lipinski definition) is 1. The third-order valence-electron chi connectivity index (χ3n) is 4.57. The Hall–Kier alpha value is -0.830. The number of hydrogen-bond acceptors (Lipinski definition) is 3. The van der Waals surface area contributed by atoms with Crippen molar-refractivity contribution in [1.82, 2.24) is 9.62 Å². The van der Waals surface area contributed by atoms with E-state index in [1.807, 2.05) is 0 Å². The second kappa shape index (κ2) is 7.19. The Labute approximate surface area is 145 Å². The van der Waals surface area contributed by atoms with Crippen LogP contribution in [-0.4, -0.2) is 37.9 Å². The Kier molecular flexibility index (Phi) is 5.84. The van der Waals surface area contributed by atoms with E-state index in [1.54, 1.807) is 0 Å². The molecule has 2 fully saturated rings. The zero-order valence-corrected chi connectivity index (χ0v) is 14.6. The molecule has 1 aromatic carbocycles. The molecule has 1 aromatic rings. The van der Waals surface area contributed by atoms with E-state index in [-0.39, 0.29) is 30.1 Å². The largest absolute Gasteiger partial charge is 0.416 e. The van der Waals surface area contributed by atoms with Crippen LogP contribution in [0.5, 0.6) is 0 Å². The van der Waals surface area contributed by atoms with Crippen molar-refractivity contribution in [3.63, 3.8) is 0 Å². The predicted molar refractivity (Wildman–Crippen MR) is 87.5 cm³/mol. The topological polar surface area (TPSA) is 49.4 Å². The fourth-order valence-electron chi connectivity index (χ4n) is 3.59. The van der Waals surface area contributed by atoms with Crippen LogP contribution in [0.1, 0.15) is 30.4 Å². The number of fused-ring (bicyclic) bond motifs is 2. The van der Waals surface area contributed by atoms with E-state index in [9.17, 15) is 21.6 Å². The maximum Gasteiger partial charge on any atom is 0.416 e. The molecule has 2 saturated heterocycles. The highest BCUT2D eigenvalue weighted by molar-refractivity contribution is 7.88. The minimum Gasteiger partial charge on any atom is -0.315 e. The average molecular weight is 385 g/mol. The van der Waals surface area contributed by atoms with Crippen LogP contribution >= 0.6 is 12.4 Å². The standard InChI is InChI=1S/C15H19F3N2O2S.ClH/c16-15(17,18)14-4-2-1-3-11(14)10-23(21,22)20-12-5-6-13(20)9-19-8-7-12;/h1-4,12-13,19H,5-10H2;1H. The SMILES string of the molecule is Cl.O=S(=O)(Cc1ccccc1C(F)(F)F)N1C2CCNCC1CC2. The summed E-state index contributed by atoms with van der Waals surface area (Å²) >= 11 is 0. The van der Waals surface area contributed by atoms with Gasteiger partial charge in [-0.05, 0) is 37.4 Å². The van der Waals surface area contributed by atoms with Gasteiger partial charge in [-0.25, -0.2) is 8.42 Å². The Bertz CT molecular complexity index is 668. The van der Waals surface area contributed by atoms with E-state index < -0.39 is 27.5 Å². The van der Waals surface area contributed by atoms with Crippen LogP contribution in [0.25, 0.3) is 0 Å². The summed E-state index contributed by atoms with van der Waals surface area (Å²) in [5, 5.41) is 3.19. The van der Waals surface area contributed by atoms with Crippen molar-refractivity contribution in [2.75, 3.05) is 13.1 Å². The van der Waals surface area contributed by atoms with Crippen LogP contribution in [0.4, 0.5) is 13.2 Å². The van der Waals surface area contributed by atoms with Gasteiger partial charge in [0.2, 0.25) is 10.0 Å².